The van der Waals surface area contributed by atoms with Crippen LogP contribution in [0.1, 0.15) is 5.56 Å². The molecule has 1 N–H and O–H groups in total. The second-order valence-electron chi connectivity index (χ2n) is 3.17. The Balaban J connectivity index is 2.94. The molecular weight excluding hydrogens is 198 g/mol. The quantitative estimate of drug-likeness (QED) is 0.750. The maximum Gasteiger partial charge on any atom is 0.419 e. The summed E-state index contributed by atoms with van der Waals surface area (Å²) in [6, 6.07) is 3.22. The van der Waals surface area contributed by atoms with Gasteiger partial charge in [0.25, 0.3) is 0 Å². The lowest BCUT2D eigenvalue weighted by Gasteiger charge is -2.04. The molecule has 2 aromatic rings. The maximum atomic E-state index is 11.3. The van der Waals surface area contributed by atoms with E-state index in [1.165, 1.54) is 7.11 Å². The third-order valence-corrected chi connectivity index (χ3v) is 2.18. The lowest BCUT2D eigenvalue weighted by atomic mass is 10.1. The van der Waals surface area contributed by atoms with Gasteiger partial charge in [-0.2, -0.15) is 0 Å². The first-order valence-electron chi connectivity index (χ1n) is 4.33. The fraction of sp³-hybridized carbons (Fsp3) is 0.200. The number of aromatic nitrogens is 1. The van der Waals surface area contributed by atoms with Crippen LogP contribution in [0.5, 0.6) is 5.75 Å². The minimum atomic E-state index is -0.753. The fourth-order valence-electron chi connectivity index (χ4n) is 1.45. The zero-order valence-corrected chi connectivity index (χ0v) is 8.29. The summed E-state index contributed by atoms with van der Waals surface area (Å²) < 4.78 is 9.47. The SMILES string of the molecule is COc1cc2c(=O)oc(=O)[nH]c2cc1C. The Morgan fingerprint density at radius 2 is 2.07 bits per heavy atom. The van der Waals surface area contributed by atoms with Crippen molar-refractivity contribution in [1.29, 1.82) is 0 Å². The molecule has 0 atom stereocenters. The highest BCUT2D eigenvalue weighted by Gasteiger charge is 2.06. The molecule has 1 aromatic heterocycles. The predicted molar refractivity (Wildman–Crippen MR) is 54.4 cm³/mol. The maximum absolute atomic E-state index is 11.3. The van der Waals surface area contributed by atoms with E-state index in [9.17, 15) is 9.59 Å². The molecule has 1 heterocycles. The molecule has 0 aliphatic heterocycles. The molecule has 0 bridgehead atoms. The Kier molecular flexibility index (Phi) is 2.07. The van der Waals surface area contributed by atoms with Crippen LogP contribution in [0.25, 0.3) is 10.9 Å². The van der Waals surface area contributed by atoms with Crippen molar-refractivity contribution in [1.82, 2.24) is 4.98 Å². The number of benzene rings is 1. The Hall–Kier alpha value is -2.04. The molecular formula is C10H9NO4. The van der Waals surface area contributed by atoms with Crippen LogP contribution in [0.3, 0.4) is 0 Å². The van der Waals surface area contributed by atoms with E-state index >= 15 is 0 Å². The van der Waals surface area contributed by atoms with Gasteiger partial charge in [-0.1, -0.05) is 0 Å². The number of nitrogens with one attached hydrogen (secondary N) is 1. The molecule has 5 nitrogen and oxygen atoms in total. The Morgan fingerprint density at radius 3 is 2.73 bits per heavy atom. The summed E-state index contributed by atoms with van der Waals surface area (Å²) in [6.07, 6.45) is 0. The molecule has 15 heavy (non-hydrogen) atoms. The molecule has 0 spiro atoms. The van der Waals surface area contributed by atoms with Gasteiger partial charge < -0.3 is 9.15 Å². The number of aryl methyl sites for hydroxylation is 1. The second kappa shape index (κ2) is 3.27. The number of hydrogen-bond acceptors (Lipinski definition) is 4. The van der Waals surface area contributed by atoms with Gasteiger partial charge in [0.05, 0.1) is 18.0 Å². The molecule has 0 saturated carbocycles. The number of ether oxygens (including phenoxy) is 1. The summed E-state index contributed by atoms with van der Waals surface area (Å²) >= 11 is 0. The van der Waals surface area contributed by atoms with E-state index in [1.54, 1.807) is 12.1 Å². The van der Waals surface area contributed by atoms with Crippen molar-refractivity contribution in [2.75, 3.05) is 7.11 Å². The van der Waals surface area contributed by atoms with Gasteiger partial charge in [0.15, 0.2) is 0 Å². The van der Waals surface area contributed by atoms with Gasteiger partial charge in [-0.05, 0) is 24.6 Å². The minimum absolute atomic E-state index is 0.303. The number of methoxy groups -OCH3 is 1. The summed E-state index contributed by atoms with van der Waals surface area (Å²) in [5, 5.41) is 0.303. The standard InChI is InChI=1S/C10H9NO4/c1-5-3-7-6(4-8(5)14-2)9(12)15-10(13)11-7/h3-4H,1-2H3,(H,11,13). The van der Waals surface area contributed by atoms with Gasteiger partial charge in [-0.25, -0.2) is 9.59 Å². The fourth-order valence-corrected chi connectivity index (χ4v) is 1.45. The summed E-state index contributed by atoms with van der Waals surface area (Å²) in [7, 11) is 1.52. The van der Waals surface area contributed by atoms with E-state index in [1.807, 2.05) is 6.92 Å². The first-order valence-corrected chi connectivity index (χ1v) is 4.33. The lowest BCUT2D eigenvalue weighted by Crippen LogP contribution is -2.14. The van der Waals surface area contributed by atoms with E-state index in [4.69, 9.17) is 4.74 Å². The van der Waals surface area contributed by atoms with E-state index in [-0.39, 0.29) is 0 Å². The zero-order valence-electron chi connectivity index (χ0n) is 8.29. The van der Waals surface area contributed by atoms with Crippen molar-refractivity contribution >= 4 is 10.9 Å². The van der Waals surface area contributed by atoms with Crippen LogP contribution in [-0.2, 0) is 0 Å². The van der Waals surface area contributed by atoms with Crippen LogP contribution in [0.4, 0.5) is 0 Å². The number of H-pyrrole nitrogens is 1. The van der Waals surface area contributed by atoms with Gasteiger partial charge >= 0.3 is 11.4 Å². The molecule has 5 heteroatoms. The average Bonchev–Trinajstić information content (AvgIpc) is 2.16. The zero-order chi connectivity index (χ0) is 11.0. The number of rotatable bonds is 1. The van der Waals surface area contributed by atoms with E-state index < -0.39 is 11.4 Å². The van der Waals surface area contributed by atoms with E-state index in [0.717, 1.165) is 5.56 Å². The summed E-state index contributed by atoms with van der Waals surface area (Å²) in [5.74, 6) is -0.168. The molecule has 0 aliphatic carbocycles. The molecule has 0 aliphatic rings. The Morgan fingerprint density at radius 1 is 1.33 bits per heavy atom. The molecule has 1 aromatic carbocycles. The lowest BCUT2D eigenvalue weighted by molar-refractivity contribution is 0.411. The van der Waals surface area contributed by atoms with Crippen LogP contribution >= 0.6 is 0 Å². The third-order valence-electron chi connectivity index (χ3n) is 2.18. The van der Waals surface area contributed by atoms with Crippen LogP contribution in [-0.4, -0.2) is 12.1 Å². The second-order valence-corrected chi connectivity index (χ2v) is 3.17. The average molecular weight is 207 g/mol. The van der Waals surface area contributed by atoms with Gasteiger partial charge in [-0.15, -0.1) is 0 Å². The molecule has 0 radical (unpaired) electrons. The van der Waals surface area contributed by atoms with Crippen molar-refractivity contribution < 1.29 is 9.15 Å². The van der Waals surface area contributed by atoms with Gasteiger partial charge in [0.1, 0.15) is 5.75 Å². The highest BCUT2D eigenvalue weighted by atomic mass is 16.5. The van der Waals surface area contributed by atoms with E-state index in [2.05, 4.69) is 9.40 Å². The van der Waals surface area contributed by atoms with Crippen LogP contribution in [0.15, 0.2) is 26.1 Å². The Bertz CT molecular complexity index is 623. The molecule has 78 valence electrons. The first kappa shape index (κ1) is 9.51. The van der Waals surface area contributed by atoms with Crippen LogP contribution < -0.4 is 16.1 Å². The van der Waals surface area contributed by atoms with Crippen molar-refractivity contribution in [3.63, 3.8) is 0 Å². The highest BCUT2D eigenvalue weighted by Crippen LogP contribution is 2.21. The molecule has 0 saturated heterocycles. The smallest absolute Gasteiger partial charge is 0.419 e. The summed E-state index contributed by atoms with van der Waals surface area (Å²) in [4.78, 5) is 24.7. The van der Waals surface area contributed by atoms with E-state index in [0.29, 0.717) is 16.7 Å². The van der Waals surface area contributed by atoms with Gasteiger partial charge in [0.2, 0.25) is 0 Å². The molecule has 0 amide bonds. The highest BCUT2D eigenvalue weighted by molar-refractivity contribution is 5.79. The number of aromatic amines is 1. The van der Waals surface area contributed by atoms with Crippen molar-refractivity contribution in [2.24, 2.45) is 0 Å². The molecule has 2 rings (SSSR count). The molecule has 0 unspecified atom stereocenters. The largest absolute Gasteiger partial charge is 0.496 e. The van der Waals surface area contributed by atoms with Crippen LogP contribution in [0.2, 0.25) is 0 Å². The summed E-state index contributed by atoms with van der Waals surface area (Å²) in [5.41, 5.74) is 0.632. The number of hydrogen-bond donors (Lipinski definition) is 1. The van der Waals surface area contributed by atoms with Crippen molar-refractivity contribution in [2.45, 2.75) is 6.92 Å². The van der Waals surface area contributed by atoms with Crippen LogP contribution in [0, 0.1) is 6.92 Å². The van der Waals surface area contributed by atoms with Crippen molar-refractivity contribution in [3.05, 3.63) is 38.7 Å². The normalized spacial score (nSPS) is 10.5. The van der Waals surface area contributed by atoms with Gasteiger partial charge in [0, 0.05) is 0 Å². The predicted octanol–water partition coefficient (Wildman–Crippen LogP) is 0.798. The first-order chi connectivity index (χ1) is 7.11. The number of fused-ring (bicyclic) bond motifs is 1. The van der Waals surface area contributed by atoms with Gasteiger partial charge in [-0.3, -0.25) is 4.98 Å². The molecule has 0 fully saturated rings. The summed E-state index contributed by atoms with van der Waals surface area (Å²) in [6.45, 7) is 1.82. The minimum Gasteiger partial charge on any atom is -0.496 e. The third kappa shape index (κ3) is 1.52. The Labute approximate surface area is 84.3 Å². The topological polar surface area (TPSA) is 72.3 Å². The monoisotopic (exact) mass is 207 g/mol. The van der Waals surface area contributed by atoms with Crippen molar-refractivity contribution in [3.8, 4) is 5.75 Å².